The third kappa shape index (κ3) is 5.98. The molecule has 1 aliphatic heterocycles. The number of rotatable bonds is 9. The zero-order valence-corrected chi connectivity index (χ0v) is 21.5. The molecule has 0 saturated carbocycles. The van der Waals surface area contributed by atoms with Crippen LogP contribution in [0.15, 0.2) is 43.0 Å². The zero-order chi connectivity index (χ0) is 26.5. The van der Waals surface area contributed by atoms with Crippen LogP contribution >= 0.6 is 0 Å². The standard InChI is InChI=1S/C23H28N8O5S/c1-4-36-20-15-24-14-17(27-20)16-5-6-19(26-13-16)29-21(32)23(8-11-35-12-9-23)18-7-10-25-22(28-18)30-37(33,34)31(2)3/h5-7,10,13-15H,4,8-9,11-12H2,1-3H3,(H,25,28,30)(H,26,29,32). The lowest BCUT2D eigenvalue weighted by Gasteiger charge is -2.35. The molecule has 1 fully saturated rings. The molecule has 2 N–H and O–H groups in total. The molecule has 37 heavy (non-hydrogen) atoms. The monoisotopic (exact) mass is 528 g/mol. The maximum absolute atomic E-state index is 13.6. The van der Waals surface area contributed by atoms with Crippen LogP contribution in [0.5, 0.6) is 5.88 Å². The molecule has 0 bridgehead atoms. The van der Waals surface area contributed by atoms with E-state index in [4.69, 9.17) is 9.47 Å². The Morgan fingerprint density at radius 3 is 2.57 bits per heavy atom. The van der Waals surface area contributed by atoms with Crippen molar-refractivity contribution in [3.8, 4) is 17.1 Å². The summed E-state index contributed by atoms with van der Waals surface area (Å²) in [6, 6.07) is 5.06. The van der Waals surface area contributed by atoms with Gasteiger partial charge in [-0.3, -0.25) is 9.78 Å². The van der Waals surface area contributed by atoms with Crippen LogP contribution in [0, 0.1) is 0 Å². The van der Waals surface area contributed by atoms with Gasteiger partial charge < -0.3 is 14.8 Å². The van der Waals surface area contributed by atoms with Crippen molar-refractivity contribution in [1.29, 1.82) is 0 Å². The van der Waals surface area contributed by atoms with Crippen LogP contribution in [0.3, 0.4) is 0 Å². The van der Waals surface area contributed by atoms with Crippen LogP contribution in [0.4, 0.5) is 11.8 Å². The van der Waals surface area contributed by atoms with E-state index in [1.807, 2.05) is 6.92 Å². The summed E-state index contributed by atoms with van der Waals surface area (Å²) >= 11 is 0. The van der Waals surface area contributed by atoms with Gasteiger partial charge in [0.25, 0.3) is 0 Å². The Kier molecular flexibility index (Phi) is 7.90. The second-order valence-corrected chi connectivity index (χ2v) is 10.3. The maximum atomic E-state index is 13.6. The molecule has 13 nitrogen and oxygen atoms in total. The highest BCUT2D eigenvalue weighted by Gasteiger charge is 2.43. The molecule has 196 valence electrons. The first kappa shape index (κ1) is 26.3. The minimum Gasteiger partial charge on any atom is -0.477 e. The van der Waals surface area contributed by atoms with E-state index in [0.717, 1.165) is 4.31 Å². The largest absolute Gasteiger partial charge is 0.477 e. The van der Waals surface area contributed by atoms with Gasteiger partial charge in [0.1, 0.15) is 5.82 Å². The topological polar surface area (TPSA) is 161 Å². The van der Waals surface area contributed by atoms with Crippen molar-refractivity contribution in [2.75, 3.05) is 44.0 Å². The second kappa shape index (κ2) is 11.1. The lowest BCUT2D eigenvalue weighted by Crippen LogP contribution is -2.45. The normalized spacial score (nSPS) is 15.2. The minimum atomic E-state index is -3.81. The van der Waals surface area contributed by atoms with Crippen LogP contribution in [-0.4, -0.2) is 77.5 Å². The van der Waals surface area contributed by atoms with E-state index in [2.05, 4.69) is 35.0 Å². The van der Waals surface area contributed by atoms with Crippen molar-refractivity contribution in [3.63, 3.8) is 0 Å². The average Bonchev–Trinajstić information content (AvgIpc) is 2.90. The molecule has 3 aromatic rings. The van der Waals surface area contributed by atoms with Crippen molar-refractivity contribution < 1.29 is 22.7 Å². The number of ether oxygens (including phenoxy) is 2. The Bertz CT molecular complexity index is 1350. The summed E-state index contributed by atoms with van der Waals surface area (Å²) in [5.41, 5.74) is 0.628. The number of hydrogen-bond donors (Lipinski definition) is 2. The predicted octanol–water partition coefficient (Wildman–Crippen LogP) is 1.63. The number of carbonyl (C=O) groups excluding carboxylic acids is 1. The summed E-state index contributed by atoms with van der Waals surface area (Å²) in [5, 5.41) is 2.87. The van der Waals surface area contributed by atoms with Gasteiger partial charge >= 0.3 is 10.2 Å². The van der Waals surface area contributed by atoms with Crippen LogP contribution < -0.4 is 14.8 Å². The Balaban J connectivity index is 1.57. The highest BCUT2D eigenvalue weighted by atomic mass is 32.2. The molecule has 1 amide bonds. The Morgan fingerprint density at radius 1 is 1.11 bits per heavy atom. The molecular weight excluding hydrogens is 500 g/mol. The lowest BCUT2D eigenvalue weighted by atomic mass is 9.76. The fraction of sp³-hybridized carbons (Fsp3) is 0.391. The van der Waals surface area contributed by atoms with Gasteiger partial charge in [0.2, 0.25) is 17.7 Å². The molecule has 4 rings (SSSR count). The number of nitrogens with zero attached hydrogens (tertiary/aromatic N) is 6. The molecule has 1 aliphatic rings. The van der Waals surface area contributed by atoms with Gasteiger partial charge in [-0.25, -0.2) is 24.7 Å². The number of aromatic nitrogens is 5. The van der Waals surface area contributed by atoms with Crippen molar-refractivity contribution in [3.05, 3.63) is 48.7 Å². The van der Waals surface area contributed by atoms with Crippen molar-refractivity contribution in [1.82, 2.24) is 29.2 Å². The van der Waals surface area contributed by atoms with Crippen LogP contribution in [-0.2, 0) is 25.2 Å². The van der Waals surface area contributed by atoms with Crippen molar-refractivity contribution >= 4 is 27.9 Å². The molecule has 0 aromatic carbocycles. The quantitative estimate of drug-likeness (QED) is 0.417. The third-order valence-corrected chi connectivity index (χ3v) is 7.24. The molecule has 0 unspecified atom stereocenters. The van der Waals surface area contributed by atoms with Crippen molar-refractivity contribution in [2.24, 2.45) is 0 Å². The Labute approximate surface area is 214 Å². The Morgan fingerprint density at radius 2 is 1.89 bits per heavy atom. The predicted molar refractivity (Wildman–Crippen MR) is 135 cm³/mol. The molecule has 0 radical (unpaired) electrons. The number of nitrogens with one attached hydrogen (secondary N) is 2. The van der Waals surface area contributed by atoms with Gasteiger partial charge in [0, 0.05) is 45.3 Å². The first-order valence-electron chi connectivity index (χ1n) is 11.6. The van der Waals surface area contributed by atoms with E-state index in [1.165, 1.54) is 26.5 Å². The van der Waals surface area contributed by atoms with Gasteiger partial charge in [0.15, 0.2) is 0 Å². The third-order valence-electron chi connectivity index (χ3n) is 5.83. The van der Waals surface area contributed by atoms with Gasteiger partial charge in [-0.2, -0.15) is 12.7 Å². The van der Waals surface area contributed by atoms with Crippen LogP contribution in [0.1, 0.15) is 25.5 Å². The molecule has 0 spiro atoms. The van der Waals surface area contributed by atoms with Gasteiger partial charge in [-0.15, -0.1) is 0 Å². The summed E-state index contributed by atoms with van der Waals surface area (Å²) in [7, 11) is -1.04. The molecule has 0 atom stereocenters. The average molecular weight is 529 g/mol. The van der Waals surface area contributed by atoms with Crippen LogP contribution in [0.2, 0.25) is 0 Å². The van der Waals surface area contributed by atoms with E-state index < -0.39 is 15.6 Å². The fourth-order valence-electron chi connectivity index (χ4n) is 3.76. The smallest absolute Gasteiger partial charge is 0.303 e. The first-order valence-corrected chi connectivity index (χ1v) is 13.0. The number of amides is 1. The first-order chi connectivity index (χ1) is 17.7. The summed E-state index contributed by atoms with van der Waals surface area (Å²) < 4.78 is 38.7. The SMILES string of the molecule is CCOc1cncc(-c2ccc(NC(=O)C3(c4ccnc(NS(=O)(=O)N(C)C)n4)CCOCC3)nc2)n1. The molecular formula is C23H28N8O5S. The highest BCUT2D eigenvalue weighted by Crippen LogP contribution is 2.35. The molecule has 4 heterocycles. The number of hydrogen-bond acceptors (Lipinski definition) is 10. The molecule has 0 aliphatic carbocycles. The summed E-state index contributed by atoms with van der Waals surface area (Å²) in [5.74, 6) is 0.309. The number of carbonyl (C=O) groups is 1. The van der Waals surface area contributed by atoms with Crippen molar-refractivity contribution in [2.45, 2.75) is 25.2 Å². The van der Waals surface area contributed by atoms with Gasteiger partial charge in [-0.1, -0.05) is 0 Å². The maximum Gasteiger partial charge on any atom is 0.303 e. The van der Waals surface area contributed by atoms with E-state index in [1.54, 1.807) is 30.6 Å². The lowest BCUT2D eigenvalue weighted by molar-refractivity contribution is -0.125. The van der Waals surface area contributed by atoms with Crippen LogP contribution in [0.25, 0.3) is 11.3 Å². The second-order valence-electron chi connectivity index (χ2n) is 8.41. The molecule has 3 aromatic heterocycles. The summed E-state index contributed by atoms with van der Waals surface area (Å²) in [4.78, 5) is 34.9. The minimum absolute atomic E-state index is 0.122. The van der Waals surface area contributed by atoms with Gasteiger partial charge in [-0.05, 0) is 38.0 Å². The Hall–Kier alpha value is -3.75. The number of anilines is 2. The van der Waals surface area contributed by atoms with Gasteiger partial charge in [0.05, 0.1) is 35.8 Å². The summed E-state index contributed by atoms with van der Waals surface area (Å²) in [6.45, 7) is 3.03. The molecule has 14 heteroatoms. The highest BCUT2D eigenvalue weighted by molar-refractivity contribution is 7.90. The van der Waals surface area contributed by atoms with E-state index >= 15 is 0 Å². The number of pyridine rings is 1. The zero-order valence-electron chi connectivity index (χ0n) is 20.7. The van der Waals surface area contributed by atoms with E-state index in [0.29, 0.717) is 61.3 Å². The summed E-state index contributed by atoms with van der Waals surface area (Å²) in [6.07, 6.45) is 6.86. The van der Waals surface area contributed by atoms with E-state index in [-0.39, 0.29) is 11.9 Å². The molecule has 1 saturated heterocycles. The fourth-order valence-corrected chi connectivity index (χ4v) is 4.27. The van der Waals surface area contributed by atoms with E-state index in [9.17, 15) is 13.2 Å².